The molecule has 1 aliphatic heterocycles. The first-order valence-corrected chi connectivity index (χ1v) is 4.21. The second-order valence-electron chi connectivity index (χ2n) is 3.09. The van der Waals surface area contributed by atoms with E-state index in [1.165, 1.54) is 0 Å². The molecule has 1 heterocycles. The molecule has 0 spiro atoms. The fourth-order valence-electron chi connectivity index (χ4n) is 1.54. The van der Waals surface area contributed by atoms with Gasteiger partial charge >= 0.3 is 0 Å². The summed E-state index contributed by atoms with van der Waals surface area (Å²) < 4.78 is 12.8. The van der Waals surface area contributed by atoms with Gasteiger partial charge in [-0.15, -0.1) is 0 Å². The molecule has 2 rings (SSSR count). The molecule has 1 radical (unpaired) electrons. The molecule has 0 bridgehead atoms. The number of alkyl halides is 1. The molecule has 0 amide bonds. The lowest BCUT2D eigenvalue weighted by molar-refractivity contribution is 0.364. The van der Waals surface area contributed by atoms with Crippen LogP contribution in [-0.2, 0) is 0 Å². The Morgan fingerprint density at radius 2 is 2.17 bits per heavy atom. The van der Waals surface area contributed by atoms with Crippen LogP contribution in [0.3, 0.4) is 0 Å². The SMILES string of the molecule is FC1CCN(c2cc[c]cc2)C1. The highest BCUT2D eigenvalue weighted by Crippen LogP contribution is 2.20. The summed E-state index contributed by atoms with van der Waals surface area (Å²) in [6, 6.07) is 10.6. The standard InChI is InChI=1S/C10H11FN/c11-9-6-7-12(8-9)10-4-2-1-3-5-10/h2-5,9H,6-8H2. The maximum absolute atomic E-state index is 12.8. The summed E-state index contributed by atoms with van der Waals surface area (Å²) in [7, 11) is 0. The van der Waals surface area contributed by atoms with E-state index in [2.05, 4.69) is 11.0 Å². The number of anilines is 1. The van der Waals surface area contributed by atoms with Crippen molar-refractivity contribution in [2.24, 2.45) is 0 Å². The smallest absolute Gasteiger partial charge is 0.119 e. The van der Waals surface area contributed by atoms with Gasteiger partial charge in [0.2, 0.25) is 0 Å². The van der Waals surface area contributed by atoms with Crippen molar-refractivity contribution >= 4 is 5.69 Å². The molecule has 2 heteroatoms. The number of hydrogen-bond acceptors (Lipinski definition) is 1. The highest BCUT2D eigenvalue weighted by molar-refractivity contribution is 5.46. The van der Waals surface area contributed by atoms with Crippen LogP contribution in [0.5, 0.6) is 0 Å². The molecule has 0 aliphatic carbocycles. The van der Waals surface area contributed by atoms with Crippen LogP contribution in [0.4, 0.5) is 10.1 Å². The zero-order chi connectivity index (χ0) is 8.39. The Balaban J connectivity index is 2.11. The lowest BCUT2D eigenvalue weighted by Gasteiger charge is -2.16. The summed E-state index contributed by atoms with van der Waals surface area (Å²) in [5, 5.41) is 0. The zero-order valence-electron chi connectivity index (χ0n) is 6.83. The molecule has 1 saturated heterocycles. The fourth-order valence-corrected chi connectivity index (χ4v) is 1.54. The first-order valence-electron chi connectivity index (χ1n) is 4.21. The predicted octanol–water partition coefficient (Wildman–Crippen LogP) is 2.03. The van der Waals surface area contributed by atoms with Crippen molar-refractivity contribution in [2.45, 2.75) is 12.6 Å². The van der Waals surface area contributed by atoms with E-state index in [1.807, 2.05) is 24.3 Å². The predicted molar refractivity (Wildman–Crippen MR) is 47.0 cm³/mol. The van der Waals surface area contributed by atoms with Crippen molar-refractivity contribution in [2.75, 3.05) is 18.0 Å². The van der Waals surface area contributed by atoms with Crippen molar-refractivity contribution in [3.05, 3.63) is 30.3 Å². The Kier molecular flexibility index (Phi) is 1.98. The van der Waals surface area contributed by atoms with Gasteiger partial charge in [0, 0.05) is 18.8 Å². The van der Waals surface area contributed by atoms with Crippen LogP contribution in [-0.4, -0.2) is 19.3 Å². The number of benzene rings is 1. The minimum Gasteiger partial charge on any atom is -0.369 e. The summed E-state index contributed by atoms with van der Waals surface area (Å²) in [6.45, 7) is 1.38. The van der Waals surface area contributed by atoms with Crippen LogP contribution < -0.4 is 4.90 Å². The van der Waals surface area contributed by atoms with Gasteiger partial charge in [0.15, 0.2) is 0 Å². The van der Waals surface area contributed by atoms with Gasteiger partial charge in [0.05, 0.1) is 0 Å². The van der Waals surface area contributed by atoms with Crippen LogP contribution in [0, 0.1) is 6.07 Å². The molecule has 1 aromatic carbocycles. The van der Waals surface area contributed by atoms with Crippen molar-refractivity contribution in [1.29, 1.82) is 0 Å². The Hall–Kier alpha value is -1.05. The number of rotatable bonds is 1. The van der Waals surface area contributed by atoms with Crippen LogP contribution in [0.25, 0.3) is 0 Å². The van der Waals surface area contributed by atoms with Crippen LogP contribution in [0.2, 0.25) is 0 Å². The Morgan fingerprint density at radius 3 is 2.75 bits per heavy atom. The van der Waals surface area contributed by atoms with E-state index >= 15 is 0 Å². The topological polar surface area (TPSA) is 3.24 Å². The minimum absolute atomic E-state index is 0.546. The van der Waals surface area contributed by atoms with E-state index < -0.39 is 6.17 Å². The molecule has 0 aromatic heterocycles. The van der Waals surface area contributed by atoms with E-state index in [9.17, 15) is 4.39 Å². The van der Waals surface area contributed by atoms with Crippen LogP contribution in [0.1, 0.15) is 6.42 Å². The average molecular weight is 164 g/mol. The van der Waals surface area contributed by atoms with Gasteiger partial charge in [-0.1, -0.05) is 12.1 Å². The number of nitrogens with zero attached hydrogens (tertiary/aromatic N) is 1. The van der Waals surface area contributed by atoms with Crippen LogP contribution in [0.15, 0.2) is 24.3 Å². The van der Waals surface area contributed by atoms with E-state index in [4.69, 9.17) is 0 Å². The summed E-state index contributed by atoms with van der Waals surface area (Å²) in [4.78, 5) is 2.07. The number of hydrogen-bond donors (Lipinski definition) is 0. The molecule has 63 valence electrons. The molecule has 0 N–H and O–H groups in total. The van der Waals surface area contributed by atoms with Gasteiger partial charge in [0.25, 0.3) is 0 Å². The maximum Gasteiger partial charge on any atom is 0.119 e. The van der Waals surface area contributed by atoms with Crippen molar-refractivity contribution < 1.29 is 4.39 Å². The van der Waals surface area contributed by atoms with Gasteiger partial charge in [-0.25, -0.2) is 4.39 Å². The molecule has 1 unspecified atom stereocenters. The monoisotopic (exact) mass is 164 g/mol. The molecule has 1 nitrogen and oxygen atoms in total. The Morgan fingerprint density at radius 1 is 1.42 bits per heavy atom. The number of halogens is 1. The van der Waals surface area contributed by atoms with Crippen LogP contribution >= 0.6 is 0 Å². The molecule has 1 aromatic rings. The van der Waals surface area contributed by atoms with Crippen molar-refractivity contribution in [1.82, 2.24) is 0 Å². The fraction of sp³-hybridized carbons (Fsp3) is 0.400. The lowest BCUT2D eigenvalue weighted by Crippen LogP contribution is -2.19. The van der Waals surface area contributed by atoms with Gasteiger partial charge < -0.3 is 4.90 Å². The third-order valence-electron chi connectivity index (χ3n) is 2.20. The highest BCUT2D eigenvalue weighted by atomic mass is 19.1. The normalized spacial score (nSPS) is 23.1. The molecule has 1 atom stereocenters. The van der Waals surface area contributed by atoms with E-state index in [-0.39, 0.29) is 0 Å². The largest absolute Gasteiger partial charge is 0.369 e. The quantitative estimate of drug-likeness (QED) is 0.614. The summed E-state index contributed by atoms with van der Waals surface area (Å²) >= 11 is 0. The van der Waals surface area contributed by atoms with Crippen molar-refractivity contribution in [3.8, 4) is 0 Å². The van der Waals surface area contributed by atoms with E-state index in [1.54, 1.807) is 0 Å². The molecular formula is C10H11FN. The van der Waals surface area contributed by atoms with Crippen molar-refractivity contribution in [3.63, 3.8) is 0 Å². The van der Waals surface area contributed by atoms with E-state index in [0.29, 0.717) is 13.0 Å². The first-order chi connectivity index (χ1) is 5.86. The maximum atomic E-state index is 12.8. The second kappa shape index (κ2) is 3.13. The third kappa shape index (κ3) is 1.42. The van der Waals surface area contributed by atoms with E-state index in [0.717, 1.165) is 12.2 Å². The summed E-state index contributed by atoms with van der Waals surface area (Å²) in [5.41, 5.74) is 1.11. The molecule has 12 heavy (non-hydrogen) atoms. The summed E-state index contributed by atoms with van der Waals surface area (Å²) in [5.74, 6) is 0. The highest BCUT2D eigenvalue weighted by Gasteiger charge is 2.21. The van der Waals surface area contributed by atoms with Gasteiger partial charge in [-0.3, -0.25) is 0 Å². The molecule has 0 saturated carbocycles. The average Bonchev–Trinajstić information content (AvgIpc) is 2.54. The van der Waals surface area contributed by atoms with Gasteiger partial charge in [-0.2, -0.15) is 0 Å². The molecule has 1 fully saturated rings. The van der Waals surface area contributed by atoms with Gasteiger partial charge in [0.1, 0.15) is 6.17 Å². The lowest BCUT2D eigenvalue weighted by atomic mass is 10.3. The zero-order valence-corrected chi connectivity index (χ0v) is 6.83. The summed E-state index contributed by atoms with van der Waals surface area (Å²) in [6.07, 6.45) is 0.0210. The Bertz CT molecular complexity index is 247. The molecule has 1 aliphatic rings. The second-order valence-corrected chi connectivity index (χ2v) is 3.09. The van der Waals surface area contributed by atoms with Gasteiger partial charge in [-0.05, 0) is 24.6 Å². The third-order valence-corrected chi connectivity index (χ3v) is 2.20. The minimum atomic E-state index is -0.644. The Labute approximate surface area is 71.8 Å². The molecular weight excluding hydrogens is 153 g/mol. The first kappa shape index (κ1) is 7.59.